The number of hydrogen-bond donors (Lipinski definition) is 1. The van der Waals surface area contributed by atoms with E-state index in [-0.39, 0.29) is 12.7 Å². The summed E-state index contributed by atoms with van der Waals surface area (Å²) in [5, 5.41) is 5.76. The summed E-state index contributed by atoms with van der Waals surface area (Å²) < 4.78 is 16.2. The fourth-order valence-electron chi connectivity index (χ4n) is 2.39. The molecule has 0 radical (unpaired) electrons. The minimum absolute atomic E-state index is 0.186. The smallest absolute Gasteiger partial charge is 0.251 e. The number of ether oxygens (including phenoxy) is 2. The van der Waals surface area contributed by atoms with Gasteiger partial charge in [-0.05, 0) is 37.3 Å². The van der Waals surface area contributed by atoms with E-state index in [0.717, 1.165) is 10.7 Å². The Kier molecular flexibility index (Phi) is 3.70. The number of carbonyl (C=O) groups is 1. The Morgan fingerprint density at radius 1 is 1.25 bits per heavy atom. The van der Waals surface area contributed by atoms with E-state index in [1.807, 2.05) is 24.4 Å². The SMILES string of the molecule is Cc1nc(-c2ccc(CNC(=O)c3ccc4c(c3)OCO4)o2)cs1. The van der Waals surface area contributed by atoms with Crippen LogP contribution < -0.4 is 14.8 Å². The first-order valence-corrected chi connectivity index (χ1v) is 8.26. The molecule has 0 atom stereocenters. The Labute approximate surface area is 142 Å². The molecule has 0 saturated heterocycles. The van der Waals surface area contributed by atoms with Crippen LogP contribution in [-0.4, -0.2) is 17.7 Å². The lowest BCUT2D eigenvalue weighted by Crippen LogP contribution is -2.22. The molecule has 4 rings (SSSR count). The van der Waals surface area contributed by atoms with Crippen molar-refractivity contribution in [2.75, 3.05) is 6.79 Å². The van der Waals surface area contributed by atoms with Gasteiger partial charge in [0.15, 0.2) is 17.3 Å². The van der Waals surface area contributed by atoms with Crippen LogP contribution in [0.4, 0.5) is 0 Å². The molecule has 0 spiro atoms. The average molecular weight is 342 g/mol. The van der Waals surface area contributed by atoms with E-state index in [2.05, 4.69) is 10.3 Å². The lowest BCUT2D eigenvalue weighted by Gasteiger charge is -2.04. The molecule has 1 aliphatic heterocycles. The molecule has 0 fully saturated rings. The van der Waals surface area contributed by atoms with Crippen molar-refractivity contribution in [1.29, 1.82) is 0 Å². The normalized spacial score (nSPS) is 12.4. The Morgan fingerprint density at radius 2 is 2.12 bits per heavy atom. The van der Waals surface area contributed by atoms with Crippen LogP contribution in [0.25, 0.3) is 11.5 Å². The highest BCUT2D eigenvalue weighted by atomic mass is 32.1. The fraction of sp³-hybridized carbons (Fsp3) is 0.176. The van der Waals surface area contributed by atoms with Gasteiger partial charge < -0.3 is 19.2 Å². The molecule has 24 heavy (non-hydrogen) atoms. The van der Waals surface area contributed by atoms with E-state index in [1.165, 1.54) is 0 Å². The topological polar surface area (TPSA) is 73.6 Å². The Balaban J connectivity index is 1.41. The highest BCUT2D eigenvalue weighted by Crippen LogP contribution is 2.32. The first-order valence-electron chi connectivity index (χ1n) is 7.38. The van der Waals surface area contributed by atoms with Crippen molar-refractivity contribution in [3.63, 3.8) is 0 Å². The molecule has 2 aromatic heterocycles. The Bertz CT molecular complexity index is 900. The fourth-order valence-corrected chi connectivity index (χ4v) is 3.00. The summed E-state index contributed by atoms with van der Waals surface area (Å²) >= 11 is 1.57. The number of furan rings is 1. The van der Waals surface area contributed by atoms with Crippen LogP contribution in [0.1, 0.15) is 21.1 Å². The maximum Gasteiger partial charge on any atom is 0.251 e. The molecule has 3 heterocycles. The van der Waals surface area contributed by atoms with Crippen LogP contribution in [0.5, 0.6) is 11.5 Å². The predicted molar refractivity (Wildman–Crippen MR) is 88.3 cm³/mol. The molecule has 1 amide bonds. The third-order valence-electron chi connectivity index (χ3n) is 3.59. The van der Waals surface area contributed by atoms with Gasteiger partial charge in [0.25, 0.3) is 5.91 Å². The van der Waals surface area contributed by atoms with Crippen molar-refractivity contribution < 1.29 is 18.7 Å². The van der Waals surface area contributed by atoms with Crippen molar-refractivity contribution in [2.45, 2.75) is 13.5 Å². The van der Waals surface area contributed by atoms with Crippen LogP contribution in [0.2, 0.25) is 0 Å². The van der Waals surface area contributed by atoms with E-state index in [0.29, 0.717) is 35.1 Å². The Hall–Kier alpha value is -2.80. The van der Waals surface area contributed by atoms with Crippen molar-refractivity contribution >= 4 is 17.2 Å². The molecular formula is C17H14N2O4S. The molecule has 122 valence electrons. The van der Waals surface area contributed by atoms with Gasteiger partial charge in [-0.2, -0.15) is 0 Å². The van der Waals surface area contributed by atoms with Crippen LogP contribution in [0.3, 0.4) is 0 Å². The summed E-state index contributed by atoms with van der Waals surface area (Å²) in [7, 11) is 0. The highest BCUT2D eigenvalue weighted by molar-refractivity contribution is 7.09. The molecule has 0 saturated carbocycles. The largest absolute Gasteiger partial charge is 0.458 e. The molecule has 1 aliphatic rings. The summed E-state index contributed by atoms with van der Waals surface area (Å²) in [5.74, 6) is 2.41. The minimum atomic E-state index is -0.198. The summed E-state index contributed by atoms with van der Waals surface area (Å²) in [4.78, 5) is 16.6. The first-order chi connectivity index (χ1) is 11.7. The Morgan fingerprint density at radius 3 is 2.96 bits per heavy atom. The highest BCUT2D eigenvalue weighted by Gasteiger charge is 2.16. The zero-order valence-electron chi connectivity index (χ0n) is 12.9. The van der Waals surface area contributed by atoms with Gasteiger partial charge in [-0.3, -0.25) is 4.79 Å². The average Bonchev–Trinajstić information content (AvgIpc) is 3.31. The maximum absolute atomic E-state index is 12.2. The van der Waals surface area contributed by atoms with Crippen LogP contribution >= 0.6 is 11.3 Å². The van der Waals surface area contributed by atoms with Gasteiger partial charge in [-0.15, -0.1) is 11.3 Å². The van der Waals surface area contributed by atoms with E-state index in [9.17, 15) is 4.79 Å². The lowest BCUT2D eigenvalue weighted by molar-refractivity contribution is 0.0947. The van der Waals surface area contributed by atoms with E-state index in [1.54, 1.807) is 29.5 Å². The number of aryl methyl sites for hydroxylation is 1. The minimum Gasteiger partial charge on any atom is -0.458 e. The molecule has 0 aliphatic carbocycles. The number of nitrogens with zero attached hydrogens (tertiary/aromatic N) is 1. The number of carbonyl (C=O) groups excluding carboxylic acids is 1. The van der Waals surface area contributed by atoms with Crippen LogP contribution in [0.15, 0.2) is 40.1 Å². The maximum atomic E-state index is 12.2. The number of thiazole rings is 1. The van der Waals surface area contributed by atoms with Gasteiger partial charge >= 0.3 is 0 Å². The molecule has 7 heteroatoms. The van der Waals surface area contributed by atoms with Crippen molar-refractivity contribution in [3.8, 4) is 23.0 Å². The van der Waals surface area contributed by atoms with Gasteiger partial charge in [-0.1, -0.05) is 0 Å². The number of hydrogen-bond acceptors (Lipinski definition) is 6. The van der Waals surface area contributed by atoms with Gasteiger partial charge in [0.1, 0.15) is 11.5 Å². The summed E-state index contributed by atoms with van der Waals surface area (Å²) in [6.45, 7) is 2.44. The molecule has 1 aromatic carbocycles. The molecule has 6 nitrogen and oxygen atoms in total. The first kappa shape index (κ1) is 14.8. The molecule has 0 bridgehead atoms. The summed E-state index contributed by atoms with van der Waals surface area (Å²) in [6, 6.07) is 8.80. The van der Waals surface area contributed by atoms with Gasteiger partial charge in [-0.25, -0.2) is 4.98 Å². The van der Waals surface area contributed by atoms with E-state index in [4.69, 9.17) is 13.9 Å². The number of aromatic nitrogens is 1. The number of nitrogens with one attached hydrogen (secondary N) is 1. The number of fused-ring (bicyclic) bond motifs is 1. The van der Waals surface area contributed by atoms with Gasteiger partial charge in [0, 0.05) is 10.9 Å². The molecule has 3 aromatic rings. The lowest BCUT2D eigenvalue weighted by atomic mass is 10.2. The van der Waals surface area contributed by atoms with Crippen LogP contribution in [-0.2, 0) is 6.54 Å². The predicted octanol–water partition coefficient (Wildman–Crippen LogP) is 3.37. The third-order valence-corrected chi connectivity index (χ3v) is 4.36. The standard InChI is InChI=1S/C17H14N2O4S/c1-10-19-13(8-24-10)14-5-3-12(23-14)7-18-17(20)11-2-4-15-16(6-11)22-9-21-15/h2-6,8H,7,9H2,1H3,(H,18,20). The summed E-state index contributed by atoms with van der Waals surface area (Å²) in [6.07, 6.45) is 0. The quantitative estimate of drug-likeness (QED) is 0.787. The second-order valence-corrected chi connectivity index (χ2v) is 6.33. The van der Waals surface area contributed by atoms with Crippen molar-refractivity contribution in [3.05, 3.63) is 52.0 Å². The number of amides is 1. The van der Waals surface area contributed by atoms with E-state index < -0.39 is 0 Å². The van der Waals surface area contributed by atoms with Crippen molar-refractivity contribution in [1.82, 2.24) is 10.3 Å². The molecule has 0 unspecified atom stereocenters. The monoisotopic (exact) mass is 342 g/mol. The number of benzene rings is 1. The number of rotatable bonds is 4. The van der Waals surface area contributed by atoms with Gasteiger partial charge in [0.2, 0.25) is 6.79 Å². The zero-order valence-corrected chi connectivity index (χ0v) is 13.7. The van der Waals surface area contributed by atoms with Gasteiger partial charge in [0.05, 0.1) is 11.6 Å². The third kappa shape index (κ3) is 2.85. The molecular weight excluding hydrogens is 328 g/mol. The molecule has 1 N–H and O–H groups in total. The zero-order chi connectivity index (χ0) is 16.5. The second-order valence-electron chi connectivity index (χ2n) is 5.27. The second kappa shape index (κ2) is 6.01. The van der Waals surface area contributed by atoms with Crippen molar-refractivity contribution in [2.24, 2.45) is 0 Å². The van der Waals surface area contributed by atoms with Crippen LogP contribution in [0, 0.1) is 6.92 Å². The van der Waals surface area contributed by atoms with E-state index >= 15 is 0 Å². The summed E-state index contributed by atoms with van der Waals surface area (Å²) in [5.41, 5.74) is 1.33.